The van der Waals surface area contributed by atoms with E-state index in [1.54, 1.807) is 0 Å². The highest BCUT2D eigenvalue weighted by atomic mass is 16.5. The molecule has 7 heteroatoms. The molecular weight excluding hydrogens is 366 g/mol. The molecule has 0 unspecified atom stereocenters. The molecule has 1 amide bonds. The highest BCUT2D eigenvalue weighted by Gasteiger charge is 2.15. The fourth-order valence-corrected chi connectivity index (χ4v) is 3.16. The largest absolute Gasteiger partial charge is 0.378 e. The Balaban J connectivity index is 1.50. The van der Waals surface area contributed by atoms with Crippen LogP contribution in [-0.4, -0.2) is 55.3 Å². The highest BCUT2D eigenvalue weighted by molar-refractivity contribution is 5.94. The zero-order valence-corrected chi connectivity index (χ0v) is 17.8. The van der Waals surface area contributed by atoms with E-state index in [-0.39, 0.29) is 11.3 Å². The molecule has 1 aromatic carbocycles. The molecule has 1 aromatic heterocycles. The van der Waals surface area contributed by atoms with Crippen LogP contribution in [-0.2, 0) is 10.2 Å². The molecule has 3 rings (SSSR count). The van der Waals surface area contributed by atoms with Crippen LogP contribution in [0.1, 0.15) is 42.4 Å². The van der Waals surface area contributed by atoms with Crippen molar-refractivity contribution >= 4 is 17.7 Å². The number of nitrogens with zero attached hydrogens (tertiary/aromatic N) is 3. The summed E-state index contributed by atoms with van der Waals surface area (Å²) in [7, 11) is 0. The van der Waals surface area contributed by atoms with E-state index in [1.165, 1.54) is 5.56 Å². The van der Waals surface area contributed by atoms with E-state index in [0.717, 1.165) is 24.6 Å². The Hall–Kier alpha value is -2.67. The summed E-state index contributed by atoms with van der Waals surface area (Å²) in [5, 5.41) is 6.14. The Morgan fingerprint density at radius 1 is 1.10 bits per heavy atom. The number of benzene rings is 1. The van der Waals surface area contributed by atoms with Gasteiger partial charge in [-0.3, -0.25) is 4.79 Å². The third-order valence-corrected chi connectivity index (χ3v) is 4.88. The summed E-state index contributed by atoms with van der Waals surface area (Å²) >= 11 is 0. The van der Waals surface area contributed by atoms with Crippen molar-refractivity contribution in [3.63, 3.8) is 0 Å². The van der Waals surface area contributed by atoms with Crippen molar-refractivity contribution < 1.29 is 9.53 Å². The Labute approximate surface area is 172 Å². The lowest BCUT2D eigenvalue weighted by atomic mass is 9.87. The molecule has 0 bridgehead atoms. The van der Waals surface area contributed by atoms with Gasteiger partial charge >= 0.3 is 0 Å². The van der Waals surface area contributed by atoms with Crippen molar-refractivity contribution in [1.82, 2.24) is 15.3 Å². The standard InChI is InChI=1S/C22H31N5O2/c1-16-15-19(27-11-13-29-14-12-27)26-21(25-16)24-10-9-23-20(28)17-5-7-18(8-6-17)22(2,3)4/h5-8,15H,9-14H2,1-4H3,(H,23,28)(H,24,25,26). The van der Waals surface area contributed by atoms with E-state index < -0.39 is 0 Å². The third kappa shape index (κ3) is 5.90. The van der Waals surface area contributed by atoms with Crippen molar-refractivity contribution in [1.29, 1.82) is 0 Å². The van der Waals surface area contributed by atoms with Crippen molar-refractivity contribution in [2.24, 2.45) is 0 Å². The number of hydrogen-bond acceptors (Lipinski definition) is 6. The van der Waals surface area contributed by atoms with Crippen LogP contribution in [0, 0.1) is 6.92 Å². The molecule has 0 saturated carbocycles. The number of morpholine rings is 1. The fraction of sp³-hybridized carbons (Fsp3) is 0.500. The molecule has 156 valence electrons. The molecule has 0 aliphatic carbocycles. The second-order valence-corrected chi connectivity index (χ2v) is 8.30. The van der Waals surface area contributed by atoms with Gasteiger partial charge in [0, 0.05) is 43.5 Å². The van der Waals surface area contributed by atoms with Crippen LogP contribution >= 0.6 is 0 Å². The maximum Gasteiger partial charge on any atom is 0.251 e. The van der Waals surface area contributed by atoms with Crippen LogP contribution in [0.25, 0.3) is 0 Å². The highest BCUT2D eigenvalue weighted by Crippen LogP contribution is 2.22. The average Bonchev–Trinajstić information content (AvgIpc) is 2.71. The molecule has 2 heterocycles. The van der Waals surface area contributed by atoms with Crippen molar-refractivity contribution in [2.75, 3.05) is 49.6 Å². The number of aryl methyl sites for hydroxylation is 1. The Kier molecular flexibility index (Phi) is 6.69. The van der Waals surface area contributed by atoms with Gasteiger partial charge in [-0.15, -0.1) is 0 Å². The molecule has 2 N–H and O–H groups in total. The lowest BCUT2D eigenvalue weighted by Gasteiger charge is -2.28. The summed E-state index contributed by atoms with van der Waals surface area (Å²) in [5.74, 6) is 1.41. The zero-order chi connectivity index (χ0) is 20.9. The van der Waals surface area contributed by atoms with Gasteiger partial charge in [0.1, 0.15) is 5.82 Å². The molecular formula is C22H31N5O2. The lowest BCUT2D eigenvalue weighted by Crippen LogP contribution is -2.37. The number of aromatic nitrogens is 2. The lowest BCUT2D eigenvalue weighted by molar-refractivity contribution is 0.0955. The van der Waals surface area contributed by atoms with Crippen molar-refractivity contribution in [2.45, 2.75) is 33.1 Å². The predicted octanol–water partition coefficient (Wildman–Crippen LogP) is 2.76. The van der Waals surface area contributed by atoms with E-state index in [4.69, 9.17) is 4.74 Å². The third-order valence-electron chi connectivity index (χ3n) is 4.88. The zero-order valence-electron chi connectivity index (χ0n) is 17.8. The molecule has 2 aromatic rings. The number of rotatable bonds is 6. The van der Waals surface area contributed by atoms with E-state index >= 15 is 0 Å². The SMILES string of the molecule is Cc1cc(N2CCOCC2)nc(NCCNC(=O)c2ccc(C(C)(C)C)cc2)n1. The predicted molar refractivity (Wildman–Crippen MR) is 116 cm³/mol. The molecule has 1 aliphatic heterocycles. The molecule has 0 radical (unpaired) electrons. The Bertz CT molecular complexity index is 824. The number of amides is 1. The Morgan fingerprint density at radius 3 is 2.45 bits per heavy atom. The van der Waals surface area contributed by atoms with Gasteiger partial charge < -0.3 is 20.3 Å². The van der Waals surface area contributed by atoms with E-state index in [0.29, 0.717) is 37.8 Å². The minimum absolute atomic E-state index is 0.0762. The monoisotopic (exact) mass is 397 g/mol. The van der Waals surface area contributed by atoms with Crippen molar-refractivity contribution in [3.8, 4) is 0 Å². The second kappa shape index (κ2) is 9.22. The number of carbonyl (C=O) groups is 1. The first-order valence-electron chi connectivity index (χ1n) is 10.1. The minimum Gasteiger partial charge on any atom is -0.378 e. The summed E-state index contributed by atoms with van der Waals surface area (Å²) in [6, 6.07) is 9.77. The van der Waals surface area contributed by atoms with Crippen LogP contribution in [0.4, 0.5) is 11.8 Å². The average molecular weight is 398 g/mol. The molecule has 0 spiro atoms. The van der Waals surface area contributed by atoms with Gasteiger partial charge in [-0.2, -0.15) is 4.98 Å². The van der Waals surface area contributed by atoms with Crippen LogP contribution < -0.4 is 15.5 Å². The van der Waals surface area contributed by atoms with Crippen molar-refractivity contribution in [3.05, 3.63) is 47.2 Å². The fourth-order valence-electron chi connectivity index (χ4n) is 3.16. The maximum absolute atomic E-state index is 12.3. The summed E-state index contributed by atoms with van der Waals surface area (Å²) in [6.45, 7) is 12.6. The first-order valence-corrected chi connectivity index (χ1v) is 10.1. The summed E-state index contributed by atoms with van der Waals surface area (Å²) < 4.78 is 5.40. The van der Waals surface area contributed by atoms with Crippen LogP contribution in [0.15, 0.2) is 30.3 Å². The van der Waals surface area contributed by atoms with Gasteiger partial charge in [-0.05, 0) is 30.0 Å². The molecule has 1 saturated heterocycles. The maximum atomic E-state index is 12.3. The van der Waals surface area contributed by atoms with E-state index in [2.05, 4.69) is 46.3 Å². The minimum atomic E-state index is -0.0774. The summed E-state index contributed by atoms with van der Waals surface area (Å²) in [5.41, 5.74) is 2.86. The summed E-state index contributed by atoms with van der Waals surface area (Å²) in [6.07, 6.45) is 0. The van der Waals surface area contributed by atoms with Crippen LogP contribution in [0.3, 0.4) is 0 Å². The van der Waals surface area contributed by atoms with E-state index in [9.17, 15) is 4.79 Å². The van der Waals surface area contributed by atoms with Gasteiger partial charge in [0.05, 0.1) is 13.2 Å². The number of nitrogens with one attached hydrogen (secondary N) is 2. The molecule has 7 nitrogen and oxygen atoms in total. The number of hydrogen-bond donors (Lipinski definition) is 2. The van der Waals surface area contributed by atoms with Gasteiger partial charge in [0.15, 0.2) is 0 Å². The van der Waals surface area contributed by atoms with Gasteiger partial charge in [-0.1, -0.05) is 32.9 Å². The number of carbonyl (C=O) groups excluding carboxylic acids is 1. The normalized spacial score (nSPS) is 14.6. The van der Waals surface area contributed by atoms with Gasteiger partial charge in [-0.25, -0.2) is 4.98 Å². The number of ether oxygens (including phenoxy) is 1. The van der Waals surface area contributed by atoms with Crippen LogP contribution in [0.2, 0.25) is 0 Å². The first-order chi connectivity index (χ1) is 13.8. The van der Waals surface area contributed by atoms with Crippen LogP contribution in [0.5, 0.6) is 0 Å². The van der Waals surface area contributed by atoms with E-state index in [1.807, 2.05) is 37.3 Å². The number of anilines is 2. The van der Waals surface area contributed by atoms with Gasteiger partial charge in [0.25, 0.3) is 5.91 Å². The molecule has 0 atom stereocenters. The first kappa shape index (κ1) is 21.0. The smallest absolute Gasteiger partial charge is 0.251 e. The summed E-state index contributed by atoms with van der Waals surface area (Å²) in [4.78, 5) is 23.6. The topological polar surface area (TPSA) is 79.4 Å². The van der Waals surface area contributed by atoms with Gasteiger partial charge in [0.2, 0.25) is 5.95 Å². The molecule has 29 heavy (non-hydrogen) atoms. The quantitative estimate of drug-likeness (QED) is 0.730. The molecule has 1 fully saturated rings. The Morgan fingerprint density at radius 2 is 1.79 bits per heavy atom. The second-order valence-electron chi connectivity index (χ2n) is 8.30. The molecule has 1 aliphatic rings.